The summed E-state index contributed by atoms with van der Waals surface area (Å²) in [5.41, 5.74) is 0.805. The number of hydrogen-bond acceptors (Lipinski definition) is 3. The Morgan fingerprint density at radius 1 is 1.56 bits per heavy atom. The molecule has 18 heavy (non-hydrogen) atoms. The second-order valence-electron chi connectivity index (χ2n) is 3.91. The number of likely N-dealkylation sites (N-methyl/N-ethyl adjacent to an activating group) is 1. The molecular formula is C13H16FNO3. The number of carbonyl (C=O) groups is 1. The first kappa shape index (κ1) is 14.2. The van der Waals surface area contributed by atoms with Crippen LogP contribution >= 0.6 is 0 Å². The minimum absolute atomic E-state index is 0.215. The highest BCUT2D eigenvalue weighted by Crippen LogP contribution is 2.18. The van der Waals surface area contributed by atoms with Crippen molar-refractivity contribution < 1.29 is 19.0 Å². The molecular weight excluding hydrogens is 237 g/mol. The zero-order valence-corrected chi connectivity index (χ0v) is 10.4. The highest BCUT2D eigenvalue weighted by Gasteiger charge is 2.05. The third kappa shape index (κ3) is 4.55. The number of rotatable bonds is 6. The van der Waals surface area contributed by atoms with Crippen molar-refractivity contribution in [1.29, 1.82) is 0 Å². The highest BCUT2D eigenvalue weighted by atomic mass is 19.1. The predicted octanol–water partition coefficient (Wildman–Crippen LogP) is 1.91. The van der Waals surface area contributed by atoms with Crippen LogP contribution in [0.5, 0.6) is 5.75 Å². The first-order chi connectivity index (χ1) is 8.52. The third-order valence-corrected chi connectivity index (χ3v) is 2.35. The van der Waals surface area contributed by atoms with E-state index < -0.39 is 11.8 Å². The van der Waals surface area contributed by atoms with Gasteiger partial charge >= 0.3 is 5.97 Å². The van der Waals surface area contributed by atoms with E-state index in [0.717, 1.165) is 11.6 Å². The molecule has 0 amide bonds. The van der Waals surface area contributed by atoms with Crippen LogP contribution in [0.1, 0.15) is 5.56 Å². The quantitative estimate of drug-likeness (QED) is 0.787. The van der Waals surface area contributed by atoms with E-state index in [-0.39, 0.29) is 5.75 Å². The first-order valence-corrected chi connectivity index (χ1v) is 5.43. The molecule has 0 aliphatic carbocycles. The van der Waals surface area contributed by atoms with Gasteiger partial charge in [-0.15, -0.1) is 0 Å². The lowest BCUT2D eigenvalue weighted by atomic mass is 10.2. The van der Waals surface area contributed by atoms with Crippen molar-refractivity contribution in [2.75, 3.05) is 20.7 Å². The Balaban J connectivity index is 2.56. The van der Waals surface area contributed by atoms with E-state index in [0.29, 0.717) is 13.1 Å². The van der Waals surface area contributed by atoms with E-state index >= 15 is 0 Å². The fraction of sp³-hybridized carbons (Fsp3) is 0.308. The number of ether oxygens (including phenoxy) is 1. The van der Waals surface area contributed by atoms with Crippen molar-refractivity contribution in [3.8, 4) is 5.75 Å². The van der Waals surface area contributed by atoms with E-state index in [1.165, 1.54) is 13.2 Å². The molecule has 0 aromatic heterocycles. The molecule has 0 bridgehead atoms. The first-order valence-electron chi connectivity index (χ1n) is 5.43. The number of aliphatic carboxylic acids is 1. The normalized spacial score (nSPS) is 11.1. The Labute approximate surface area is 105 Å². The summed E-state index contributed by atoms with van der Waals surface area (Å²) < 4.78 is 18.3. The predicted molar refractivity (Wildman–Crippen MR) is 66.1 cm³/mol. The summed E-state index contributed by atoms with van der Waals surface area (Å²) in [6.07, 6.45) is 2.63. The van der Waals surface area contributed by atoms with E-state index in [9.17, 15) is 9.18 Å². The van der Waals surface area contributed by atoms with Gasteiger partial charge in [-0.3, -0.25) is 4.90 Å². The Bertz CT molecular complexity index is 446. The summed E-state index contributed by atoms with van der Waals surface area (Å²) in [4.78, 5) is 12.2. The molecule has 1 rings (SSSR count). The molecule has 0 atom stereocenters. The van der Waals surface area contributed by atoms with Crippen LogP contribution in [0, 0.1) is 5.82 Å². The lowest BCUT2D eigenvalue weighted by molar-refractivity contribution is -0.131. The molecule has 0 unspecified atom stereocenters. The molecule has 1 aromatic rings. The van der Waals surface area contributed by atoms with Crippen molar-refractivity contribution >= 4 is 5.97 Å². The number of hydrogen-bond donors (Lipinski definition) is 1. The van der Waals surface area contributed by atoms with Crippen LogP contribution in [0.15, 0.2) is 30.4 Å². The van der Waals surface area contributed by atoms with Crippen LogP contribution in [0.3, 0.4) is 0 Å². The molecule has 98 valence electrons. The van der Waals surface area contributed by atoms with Crippen LogP contribution in [0.2, 0.25) is 0 Å². The summed E-state index contributed by atoms with van der Waals surface area (Å²) in [6.45, 7) is 1.02. The second-order valence-corrected chi connectivity index (χ2v) is 3.91. The molecule has 1 N–H and O–H groups in total. The van der Waals surface area contributed by atoms with E-state index in [1.807, 2.05) is 11.9 Å². The number of carboxylic acid groups (broad SMARTS) is 1. The van der Waals surface area contributed by atoms with E-state index in [2.05, 4.69) is 0 Å². The monoisotopic (exact) mass is 253 g/mol. The molecule has 5 heteroatoms. The molecule has 0 spiro atoms. The molecule has 4 nitrogen and oxygen atoms in total. The standard InChI is InChI=1S/C13H16FNO3/c1-15(7-3-4-13(16)17)9-10-5-6-12(18-2)11(14)8-10/h3-6,8H,7,9H2,1-2H3,(H,16,17)/b4-3+. The number of carboxylic acids is 1. The largest absolute Gasteiger partial charge is 0.494 e. The summed E-state index contributed by atoms with van der Waals surface area (Å²) >= 11 is 0. The van der Waals surface area contributed by atoms with Gasteiger partial charge in [0.1, 0.15) is 0 Å². The van der Waals surface area contributed by atoms with Crippen molar-refractivity contribution in [3.63, 3.8) is 0 Å². The van der Waals surface area contributed by atoms with Gasteiger partial charge in [0.25, 0.3) is 0 Å². The molecule has 0 aliphatic heterocycles. The molecule has 0 aliphatic rings. The molecule has 0 saturated carbocycles. The highest BCUT2D eigenvalue weighted by molar-refractivity contribution is 5.79. The van der Waals surface area contributed by atoms with Gasteiger partial charge in [-0.1, -0.05) is 12.1 Å². The van der Waals surface area contributed by atoms with Crippen molar-refractivity contribution in [2.24, 2.45) is 0 Å². The Hall–Kier alpha value is -1.88. The van der Waals surface area contributed by atoms with Crippen LogP contribution in [0.25, 0.3) is 0 Å². The number of nitrogens with zero attached hydrogens (tertiary/aromatic N) is 1. The Morgan fingerprint density at radius 3 is 2.83 bits per heavy atom. The smallest absolute Gasteiger partial charge is 0.328 e. The lowest BCUT2D eigenvalue weighted by Gasteiger charge is -2.14. The summed E-state index contributed by atoms with van der Waals surface area (Å²) in [6, 6.07) is 4.77. The van der Waals surface area contributed by atoms with Gasteiger partial charge in [0.15, 0.2) is 11.6 Å². The number of methoxy groups -OCH3 is 1. The van der Waals surface area contributed by atoms with E-state index in [4.69, 9.17) is 9.84 Å². The number of benzene rings is 1. The maximum absolute atomic E-state index is 13.4. The van der Waals surface area contributed by atoms with Gasteiger partial charge in [-0.25, -0.2) is 9.18 Å². The molecule has 0 fully saturated rings. The van der Waals surface area contributed by atoms with Crippen molar-refractivity contribution in [2.45, 2.75) is 6.54 Å². The summed E-state index contributed by atoms with van der Waals surface area (Å²) in [5, 5.41) is 8.44. The fourth-order valence-corrected chi connectivity index (χ4v) is 1.52. The molecule has 0 heterocycles. The van der Waals surface area contributed by atoms with Gasteiger partial charge < -0.3 is 9.84 Å². The Kier molecular flexibility index (Phi) is 5.32. The van der Waals surface area contributed by atoms with Crippen LogP contribution < -0.4 is 4.74 Å². The van der Waals surface area contributed by atoms with Crippen molar-refractivity contribution in [3.05, 3.63) is 41.7 Å². The fourth-order valence-electron chi connectivity index (χ4n) is 1.52. The van der Waals surface area contributed by atoms with Gasteiger partial charge in [-0.2, -0.15) is 0 Å². The Morgan fingerprint density at radius 2 is 2.28 bits per heavy atom. The third-order valence-electron chi connectivity index (χ3n) is 2.35. The average Bonchev–Trinajstić information content (AvgIpc) is 2.28. The van der Waals surface area contributed by atoms with Gasteiger partial charge in [0, 0.05) is 19.2 Å². The van der Waals surface area contributed by atoms with Crippen molar-refractivity contribution in [1.82, 2.24) is 4.90 Å². The SMILES string of the molecule is COc1ccc(CN(C)C/C=C/C(=O)O)cc1F. The van der Waals surface area contributed by atoms with Crippen LogP contribution in [-0.2, 0) is 11.3 Å². The topological polar surface area (TPSA) is 49.8 Å². The van der Waals surface area contributed by atoms with E-state index in [1.54, 1.807) is 18.2 Å². The minimum Gasteiger partial charge on any atom is -0.494 e. The lowest BCUT2D eigenvalue weighted by Crippen LogP contribution is -2.18. The second kappa shape index (κ2) is 6.76. The van der Waals surface area contributed by atoms with Gasteiger partial charge in [0.2, 0.25) is 0 Å². The zero-order valence-electron chi connectivity index (χ0n) is 10.4. The van der Waals surface area contributed by atoms with Crippen LogP contribution in [-0.4, -0.2) is 36.7 Å². The zero-order chi connectivity index (χ0) is 13.5. The van der Waals surface area contributed by atoms with Gasteiger partial charge in [0.05, 0.1) is 7.11 Å². The minimum atomic E-state index is -0.973. The molecule has 1 aromatic carbocycles. The average molecular weight is 253 g/mol. The maximum Gasteiger partial charge on any atom is 0.328 e. The maximum atomic E-state index is 13.4. The summed E-state index contributed by atoms with van der Waals surface area (Å²) in [5.74, 6) is -1.16. The van der Waals surface area contributed by atoms with Crippen LogP contribution in [0.4, 0.5) is 4.39 Å². The van der Waals surface area contributed by atoms with Gasteiger partial charge in [-0.05, 0) is 24.7 Å². The summed E-state index contributed by atoms with van der Waals surface area (Å²) in [7, 11) is 3.25. The molecule has 0 radical (unpaired) electrons. The number of halogens is 1. The molecule has 0 saturated heterocycles.